The number of nitrogens with zero attached hydrogens (tertiary/aromatic N) is 1. The molecule has 0 saturated carbocycles. The van der Waals surface area contributed by atoms with Crippen molar-refractivity contribution in [2.75, 3.05) is 4.90 Å². The Kier molecular flexibility index (Phi) is 2.37. The van der Waals surface area contributed by atoms with E-state index in [0.29, 0.717) is 12.0 Å². The summed E-state index contributed by atoms with van der Waals surface area (Å²) in [6.45, 7) is 3.74. The molecule has 1 amide bonds. The lowest BCUT2D eigenvalue weighted by atomic mass is 10.0. The Hall–Kier alpha value is -1.90. The fourth-order valence-electron chi connectivity index (χ4n) is 2.92. The van der Waals surface area contributed by atoms with Gasteiger partial charge in [0.2, 0.25) is 0 Å². The predicted octanol–water partition coefficient (Wildman–Crippen LogP) is 2.17. The van der Waals surface area contributed by atoms with Crippen LogP contribution < -0.4 is 4.90 Å². The summed E-state index contributed by atoms with van der Waals surface area (Å²) in [5.74, 6) is 0.0257. The van der Waals surface area contributed by atoms with Gasteiger partial charge < -0.3 is 4.90 Å². The van der Waals surface area contributed by atoms with Crippen LogP contribution in [-0.2, 0) is 16.0 Å². The molecule has 0 bridgehead atoms. The van der Waals surface area contributed by atoms with Crippen LogP contribution in [0, 0.1) is 6.92 Å². The highest BCUT2D eigenvalue weighted by atomic mass is 16.2. The standard InChI is InChI=1S/C15H15NO2/c1-9-4-3-5-11-7-12-8-13(17)10(2)6-14(18)16(12)15(9)11/h3-6,12H,7-8H2,1-2H3. The fraction of sp³-hybridized carbons (Fsp3) is 0.333. The number of Topliss-reactive ketones (excluding diaryl/α,β-unsaturated/α-hetero) is 1. The van der Waals surface area contributed by atoms with Gasteiger partial charge >= 0.3 is 0 Å². The van der Waals surface area contributed by atoms with Crippen molar-refractivity contribution in [1.82, 2.24) is 0 Å². The lowest BCUT2D eigenvalue weighted by molar-refractivity contribution is -0.115. The molecule has 3 rings (SSSR count). The Morgan fingerprint density at radius 3 is 2.72 bits per heavy atom. The van der Waals surface area contributed by atoms with E-state index in [4.69, 9.17) is 0 Å². The van der Waals surface area contributed by atoms with Gasteiger partial charge in [-0.2, -0.15) is 0 Å². The number of carbonyl (C=O) groups excluding carboxylic acids is 2. The summed E-state index contributed by atoms with van der Waals surface area (Å²) in [5, 5.41) is 0. The second-order valence-corrected chi connectivity index (χ2v) is 5.10. The van der Waals surface area contributed by atoms with E-state index in [1.807, 2.05) is 25.1 Å². The number of aryl methyl sites for hydroxylation is 1. The maximum absolute atomic E-state index is 12.3. The molecule has 0 spiro atoms. The van der Waals surface area contributed by atoms with Crippen LogP contribution >= 0.6 is 0 Å². The molecule has 0 aromatic heterocycles. The van der Waals surface area contributed by atoms with Crippen molar-refractivity contribution in [2.45, 2.75) is 32.7 Å². The second-order valence-electron chi connectivity index (χ2n) is 5.10. The number of allylic oxidation sites excluding steroid dienone is 1. The average Bonchev–Trinajstić information content (AvgIpc) is 2.63. The summed E-state index contributed by atoms with van der Waals surface area (Å²) >= 11 is 0. The summed E-state index contributed by atoms with van der Waals surface area (Å²) in [5.41, 5.74) is 3.86. The monoisotopic (exact) mass is 241 g/mol. The number of hydrogen-bond donors (Lipinski definition) is 0. The van der Waals surface area contributed by atoms with Crippen LogP contribution in [-0.4, -0.2) is 17.7 Å². The van der Waals surface area contributed by atoms with Crippen molar-refractivity contribution in [1.29, 1.82) is 0 Å². The zero-order chi connectivity index (χ0) is 12.9. The van der Waals surface area contributed by atoms with E-state index in [1.54, 1.807) is 11.8 Å². The minimum Gasteiger partial charge on any atom is -0.304 e. The summed E-state index contributed by atoms with van der Waals surface area (Å²) in [6.07, 6.45) is 2.70. The van der Waals surface area contributed by atoms with Gasteiger partial charge in [-0.1, -0.05) is 18.2 Å². The van der Waals surface area contributed by atoms with Gasteiger partial charge in [-0.25, -0.2) is 0 Å². The van der Waals surface area contributed by atoms with E-state index in [1.165, 1.54) is 11.6 Å². The van der Waals surface area contributed by atoms with Gasteiger partial charge in [-0.3, -0.25) is 9.59 Å². The highest BCUT2D eigenvalue weighted by Crippen LogP contribution is 2.37. The largest absolute Gasteiger partial charge is 0.304 e. The smallest absolute Gasteiger partial charge is 0.251 e. The van der Waals surface area contributed by atoms with Crippen LogP contribution in [0.2, 0.25) is 0 Å². The van der Waals surface area contributed by atoms with Gasteiger partial charge in [-0.05, 0) is 37.0 Å². The zero-order valence-corrected chi connectivity index (χ0v) is 10.6. The molecule has 3 nitrogen and oxygen atoms in total. The molecule has 2 aliphatic rings. The van der Waals surface area contributed by atoms with Crippen molar-refractivity contribution in [3.8, 4) is 0 Å². The number of hydrogen-bond acceptors (Lipinski definition) is 2. The molecule has 1 aromatic rings. The van der Waals surface area contributed by atoms with E-state index in [9.17, 15) is 9.59 Å². The van der Waals surface area contributed by atoms with Gasteiger partial charge in [0.25, 0.3) is 5.91 Å². The van der Waals surface area contributed by atoms with Crippen LogP contribution in [0.1, 0.15) is 24.5 Å². The normalized spacial score (nSPS) is 22.4. The summed E-state index contributed by atoms with van der Waals surface area (Å²) in [4.78, 5) is 26.0. The fourth-order valence-corrected chi connectivity index (χ4v) is 2.92. The van der Waals surface area contributed by atoms with E-state index in [-0.39, 0.29) is 17.7 Å². The van der Waals surface area contributed by atoms with Gasteiger partial charge in [-0.15, -0.1) is 0 Å². The third kappa shape index (κ3) is 1.50. The molecule has 18 heavy (non-hydrogen) atoms. The van der Waals surface area contributed by atoms with Gasteiger partial charge in [0.05, 0.1) is 5.69 Å². The third-order valence-electron chi connectivity index (χ3n) is 3.82. The first-order valence-corrected chi connectivity index (χ1v) is 6.21. The molecule has 1 unspecified atom stereocenters. The van der Waals surface area contributed by atoms with E-state index < -0.39 is 0 Å². The van der Waals surface area contributed by atoms with Gasteiger partial charge in [0, 0.05) is 18.5 Å². The number of rotatable bonds is 0. The molecule has 0 N–H and O–H groups in total. The highest BCUT2D eigenvalue weighted by molar-refractivity contribution is 6.12. The summed E-state index contributed by atoms with van der Waals surface area (Å²) < 4.78 is 0. The number of benzene rings is 1. The summed E-state index contributed by atoms with van der Waals surface area (Å²) in [6, 6.07) is 6.06. The lowest BCUT2D eigenvalue weighted by Gasteiger charge is -2.23. The van der Waals surface area contributed by atoms with Gasteiger partial charge in [0.15, 0.2) is 5.78 Å². The maximum atomic E-state index is 12.3. The predicted molar refractivity (Wildman–Crippen MR) is 69.5 cm³/mol. The van der Waals surface area contributed by atoms with Crippen molar-refractivity contribution < 1.29 is 9.59 Å². The molecule has 2 aliphatic heterocycles. The molecule has 1 aromatic carbocycles. The zero-order valence-electron chi connectivity index (χ0n) is 10.6. The SMILES string of the molecule is CC1=CC(=O)N2c3c(C)cccc3CC2CC1=O. The van der Waals surface area contributed by atoms with Gasteiger partial charge in [0.1, 0.15) is 0 Å². The molecular weight excluding hydrogens is 226 g/mol. The molecule has 1 atom stereocenters. The molecule has 0 fully saturated rings. The maximum Gasteiger partial charge on any atom is 0.251 e. The third-order valence-corrected chi connectivity index (χ3v) is 3.82. The number of anilines is 1. The Morgan fingerprint density at radius 1 is 1.17 bits per heavy atom. The van der Waals surface area contributed by atoms with Crippen molar-refractivity contribution in [3.63, 3.8) is 0 Å². The number of ketones is 1. The molecular formula is C15H15NO2. The second kappa shape index (κ2) is 3.80. The summed E-state index contributed by atoms with van der Waals surface area (Å²) in [7, 11) is 0. The lowest BCUT2D eigenvalue weighted by Crippen LogP contribution is -2.36. The molecule has 2 heterocycles. The minimum absolute atomic E-state index is 0.00481. The Morgan fingerprint density at radius 2 is 1.94 bits per heavy atom. The van der Waals surface area contributed by atoms with E-state index in [2.05, 4.69) is 0 Å². The first-order valence-electron chi connectivity index (χ1n) is 6.21. The number of amides is 1. The average molecular weight is 241 g/mol. The Bertz CT molecular complexity index is 586. The highest BCUT2D eigenvalue weighted by Gasteiger charge is 2.37. The van der Waals surface area contributed by atoms with Crippen LogP contribution in [0.25, 0.3) is 0 Å². The van der Waals surface area contributed by atoms with Crippen LogP contribution in [0.5, 0.6) is 0 Å². The molecule has 0 radical (unpaired) electrons. The van der Waals surface area contributed by atoms with Crippen molar-refractivity contribution in [2.24, 2.45) is 0 Å². The first-order chi connectivity index (χ1) is 8.58. The quantitative estimate of drug-likeness (QED) is 0.698. The molecule has 0 saturated heterocycles. The Labute approximate surface area is 106 Å². The van der Waals surface area contributed by atoms with Crippen LogP contribution in [0.3, 0.4) is 0 Å². The number of fused-ring (bicyclic) bond motifs is 3. The van der Waals surface area contributed by atoms with Crippen molar-refractivity contribution in [3.05, 3.63) is 41.0 Å². The van der Waals surface area contributed by atoms with E-state index in [0.717, 1.165) is 17.7 Å². The molecule has 3 heteroatoms. The minimum atomic E-state index is -0.0589. The topological polar surface area (TPSA) is 37.4 Å². The molecule has 0 aliphatic carbocycles. The first kappa shape index (κ1) is 11.2. The van der Waals surface area contributed by atoms with Crippen LogP contribution in [0.15, 0.2) is 29.8 Å². The number of carbonyl (C=O) groups is 2. The molecule has 92 valence electrons. The van der Waals surface area contributed by atoms with E-state index >= 15 is 0 Å². The van der Waals surface area contributed by atoms with Crippen LogP contribution in [0.4, 0.5) is 5.69 Å². The van der Waals surface area contributed by atoms with Crippen molar-refractivity contribution >= 4 is 17.4 Å². The number of para-hydroxylation sites is 1. The Balaban J connectivity index is 2.13.